The lowest BCUT2D eigenvalue weighted by Crippen LogP contribution is -2.39. The number of nitrogens with one attached hydrogen (secondary N) is 1. The second kappa shape index (κ2) is 9.10. The summed E-state index contributed by atoms with van der Waals surface area (Å²) in [5.74, 6) is -0.266. The van der Waals surface area contributed by atoms with Gasteiger partial charge in [-0.25, -0.2) is 4.98 Å². The van der Waals surface area contributed by atoms with E-state index in [0.717, 1.165) is 0 Å². The normalized spacial score (nSPS) is 11.7. The van der Waals surface area contributed by atoms with Gasteiger partial charge in [-0.15, -0.1) is 0 Å². The van der Waals surface area contributed by atoms with Gasteiger partial charge in [-0.1, -0.05) is 56.3 Å². The molecule has 6 nitrogen and oxygen atoms in total. The number of hydrogen-bond donors (Lipinski definition) is 1. The Labute approximate surface area is 170 Å². The molecule has 0 bridgehead atoms. The number of likely N-dealkylation sites (N-methyl/N-ethyl adjacent to an activating group) is 1. The van der Waals surface area contributed by atoms with E-state index in [-0.39, 0.29) is 17.5 Å². The third-order valence-electron chi connectivity index (χ3n) is 4.70. The van der Waals surface area contributed by atoms with Crippen molar-refractivity contribution >= 4 is 17.5 Å². The molecule has 0 spiro atoms. The van der Waals surface area contributed by atoms with Crippen LogP contribution in [0.15, 0.2) is 73.2 Å². The summed E-state index contributed by atoms with van der Waals surface area (Å²) in [4.78, 5) is 35.4. The minimum atomic E-state index is -0.810. The summed E-state index contributed by atoms with van der Waals surface area (Å²) >= 11 is 0. The number of rotatable bonds is 6. The number of carbonyl (C=O) groups is 2. The zero-order valence-corrected chi connectivity index (χ0v) is 16.7. The molecule has 2 aromatic carbocycles. The van der Waals surface area contributed by atoms with Crippen LogP contribution in [0.3, 0.4) is 0 Å². The van der Waals surface area contributed by atoms with E-state index >= 15 is 0 Å². The van der Waals surface area contributed by atoms with E-state index in [4.69, 9.17) is 0 Å². The van der Waals surface area contributed by atoms with Crippen molar-refractivity contribution in [3.63, 3.8) is 0 Å². The molecule has 3 rings (SSSR count). The highest BCUT2D eigenvalue weighted by Crippen LogP contribution is 2.24. The highest BCUT2D eigenvalue weighted by atomic mass is 16.2. The van der Waals surface area contributed by atoms with E-state index < -0.39 is 6.04 Å². The van der Waals surface area contributed by atoms with E-state index in [1.54, 1.807) is 7.05 Å². The van der Waals surface area contributed by atoms with Crippen LogP contribution in [0.4, 0.5) is 5.69 Å². The molecule has 1 N–H and O–H groups in total. The molecule has 3 aromatic rings. The van der Waals surface area contributed by atoms with Crippen LogP contribution < -0.4 is 5.32 Å². The van der Waals surface area contributed by atoms with Gasteiger partial charge in [0.2, 0.25) is 0 Å². The quantitative estimate of drug-likeness (QED) is 0.691. The van der Waals surface area contributed by atoms with Crippen molar-refractivity contribution in [2.45, 2.75) is 25.8 Å². The molecule has 148 valence electrons. The van der Waals surface area contributed by atoms with Crippen molar-refractivity contribution in [3.8, 4) is 0 Å². The van der Waals surface area contributed by atoms with Crippen LogP contribution in [0.5, 0.6) is 0 Å². The highest BCUT2D eigenvalue weighted by Gasteiger charge is 2.30. The molecule has 1 heterocycles. The number of amides is 2. The molecule has 0 saturated heterocycles. The molecule has 1 atom stereocenters. The Balaban J connectivity index is 1.87. The maximum atomic E-state index is 13.2. The Hall–Kier alpha value is -3.54. The fraction of sp³-hybridized carbons (Fsp3) is 0.217. The van der Waals surface area contributed by atoms with Gasteiger partial charge in [0.1, 0.15) is 11.7 Å². The molecule has 0 aliphatic carbocycles. The standard InChI is InChI=1S/C23H24N4O2/c1-16(2)17-9-11-19(12-10-17)26-22(28)21(18-7-5-4-6-8-18)27(3)23(29)20-15-24-13-14-25-20/h4-16,21H,1-3H3,(H,26,28)/t21-/m0/s1. The van der Waals surface area contributed by atoms with Crippen LogP contribution >= 0.6 is 0 Å². The van der Waals surface area contributed by atoms with Crippen molar-refractivity contribution in [3.05, 3.63) is 90.0 Å². The molecule has 29 heavy (non-hydrogen) atoms. The van der Waals surface area contributed by atoms with Crippen molar-refractivity contribution < 1.29 is 9.59 Å². The van der Waals surface area contributed by atoms with Gasteiger partial charge < -0.3 is 10.2 Å². The molecule has 0 fully saturated rings. The summed E-state index contributed by atoms with van der Waals surface area (Å²) in [5, 5.41) is 2.93. The number of anilines is 1. The van der Waals surface area contributed by atoms with Gasteiger partial charge in [0, 0.05) is 25.1 Å². The highest BCUT2D eigenvalue weighted by molar-refractivity contribution is 6.00. The average molecular weight is 388 g/mol. The zero-order chi connectivity index (χ0) is 20.8. The molecular formula is C23H24N4O2. The molecule has 2 amide bonds. The second-order valence-electron chi connectivity index (χ2n) is 7.09. The fourth-order valence-corrected chi connectivity index (χ4v) is 3.06. The minimum Gasteiger partial charge on any atom is -0.324 e. The van der Waals surface area contributed by atoms with Crippen LogP contribution in [0.1, 0.15) is 47.4 Å². The van der Waals surface area contributed by atoms with Crippen molar-refractivity contribution in [2.75, 3.05) is 12.4 Å². The van der Waals surface area contributed by atoms with Gasteiger partial charge in [-0.05, 0) is 29.2 Å². The molecule has 6 heteroatoms. The summed E-state index contributed by atoms with van der Waals surface area (Å²) < 4.78 is 0. The molecule has 0 aliphatic rings. The van der Waals surface area contributed by atoms with E-state index in [9.17, 15) is 9.59 Å². The number of nitrogens with zero attached hydrogens (tertiary/aromatic N) is 3. The van der Waals surface area contributed by atoms with Crippen LogP contribution in [0, 0.1) is 0 Å². The molecule has 1 aromatic heterocycles. The first-order chi connectivity index (χ1) is 14.0. The third kappa shape index (κ3) is 4.85. The fourth-order valence-electron chi connectivity index (χ4n) is 3.06. The maximum Gasteiger partial charge on any atom is 0.274 e. The maximum absolute atomic E-state index is 13.2. The first-order valence-electron chi connectivity index (χ1n) is 9.46. The Bertz CT molecular complexity index is 957. The average Bonchev–Trinajstić information content (AvgIpc) is 2.75. The van der Waals surface area contributed by atoms with E-state index in [2.05, 4.69) is 29.1 Å². The van der Waals surface area contributed by atoms with E-state index in [0.29, 0.717) is 17.2 Å². The SMILES string of the molecule is CC(C)c1ccc(NC(=O)[C@H](c2ccccc2)N(C)C(=O)c2cnccn2)cc1. The summed E-state index contributed by atoms with van der Waals surface area (Å²) in [7, 11) is 1.59. The molecule has 0 radical (unpaired) electrons. The van der Waals surface area contributed by atoms with Crippen LogP contribution in [-0.4, -0.2) is 33.7 Å². The van der Waals surface area contributed by atoms with Crippen molar-refractivity contribution in [2.24, 2.45) is 0 Å². The Morgan fingerprint density at radius 1 is 0.931 bits per heavy atom. The first-order valence-corrected chi connectivity index (χ1v) is 9.46. The van der Waals surface area contributed by atoms with Gasteiger partial charge in [0.05, 0.1) is 6.20 Å². The Morgan fingerprint density at radius 2 is 1.62 bits per heavy atom. The number of hydrogen-bond acceptors (Lipinski definition) is 4. The lowest BCUT2D eigenvalue weighted by molar-refractivity contribution is -0.120. The lowest BCUT2D eigenvalue weighted by atomic mass is 10.0. The smallest absolute Gasteiger partial charge is 0.274 e. The summed E-state index contributed by atoms with van der Waals surface area (Å²) in [6, 6.07) is 16.1. The predicted octanol–water partition coefficient (Wildman–Crippen LogP) is 4.05. The largest absolute Gasteiger partial charge is 0.324 e. The Kier molecular flexibility index (Phi) is 6.34. The number of benzene rings is 2. The zero-order valence-electron chi connectivity index (χ0n) is 16.7. The third-order valence-corrected chi connectivity index (χ3v) is 4.70. The van der Waals surface area contributed by atoms with Crippen LogP contribution in [0.2, 0.25) is 0 Å². The van der Waals surface area contributed by atoms with Gasteiger partial charge >= 0.3 is 0 Å². The van der Waals surface area contributed by atoms with Crippen molar-refractivity contribution in [1.82, 2.24) is 14.9 Å². The van der Waals surface area contributed by atoms with Gasteiger partial charge in [-0.3, -0.25) is 14.6 Å². The van der Waals surface area contributed by atoms with Gasteiger partial charge in [0.25, 0.3) is 11.8 Å². The number of carbonyl (C=O) groups excluding carboxylic acids is 2. The molecule has 0 unspecified atom stereocenters. The predicted molar refractivity (Wildman–Crippen MR) is 112 cm³/mol. The molecule has 0 aliphatic heterocycles. The first kappa shape index (κ1) is 20.2. The van der Waals surface area contributed by atoms with Crippen LogP contribution in [0.25, 0.3) is 0 Å². The van der Waals surface area contributed by atoms with Crippen molar-refractivity contribution in [1.29, 1.82) is 0 Å². The second-order valence-corrected chi connectivity index (χ2v) is 7.09. The molecule has 0 saturated carbocycles. The lowest BCUT2D eigenvalue weighted by Gasteiger charge is -2.27. The van der Waals surface area contributed by atoms with Gasteiger partial charge in [-0.2, -0.15) is 0 Å². The monoisotopic (exact) mass is 388 g/mol. The number of aromatic nitrogens is 2. The topological polar surface area (TPSA) is 75.2 Å². The van der Waals surface area contributed by atoms with Crippen LogP contribution in [-0.2, 0) is 4.79 Å². The van der Waals surface area contributed by atoms with E-state index in [1.165, 1.54) is 29.1 Å². The summed E-state index contributed by atoms with van der Waals surface area (Å²) in [6.07, 6.45) is 4.34. The summed E-state index contributed by atoms with van der Waals surface area (Å²) in [5.41, 5.74) is 2.77. The van der Waals surface area contributed by atoms with Gasteiger partial charge in [0.15, 0.2) is 0 Å². The Morgan fingerprint density at radius 3 is 2.21 bits per heavy atom. The summed E-state index contributed by atoms with van der Waals surface area (Å²) in [6.45, 7) is 4.23. The molecular weight excluding hydrogens is 364 g/mol. The minimum absolute atomic E-state index is 0.185. The van der Waals surface area contributed by atoms with E-state index in [1.807, 2.05) is 54.6 Å².